The number of carboxylic acid groups (broad SMARTS) is 1. The van der Waals surface area contributed by atoms with Gasteiger partial charge < -0.3 is 5.11 Å². The SMILES string of the molecule is CC(C)CS(=O)(=O)NCC1CCCC1C(=O)O. The van der Waals surface area contributed by atoms with Crippen LogP contribution in [0.4, 0.5) is 0 Å². The highest BCUT2D eigenvalue weighted by atomic mass is 32.2. The van der Waals surface area contributed by atoms with Gasteiger partial charge in [-0.25, -0.2) is 13.1 Å². The van der Waals surface area contributed by atoms with Crippen molar-refractivity contribution in [2.75, 3.05) is 12.3 Å². The average Bonchev–Trinajstić information content (AvgIpc) is 2.60. The molecule has 0 saturated heterocycles. The molecule has 17 heavy (non-hydrogen) atoms. The third-order valence-electron chi connectivity index (χ3n) is 3.09. The van der Waals surface area contributed by atoms with Crippen LogP contribution >= 0.6 is 0 Å². The molecule has 1 rings (SSSR count). The molecule has 0 spiro atoms. The minimum Gasteiger partial charge on any atom is -0.481 e. The van der Waals surface area contributed by atoms with E-state index < -0.39 is 21.9 Å². The van der Waals surface area contributed by atoms with Crippen molar-refractivity contribution in [2.45, 2.75) is 33.1 Å². The molecule has 2 atom stereocenters. The van der Waals surface area contributed by atoms with E-state index in [0.29, 0.717) is 6.42 Å². The highest BCUT2D eigenvalue weighted by molar-refractivity contribution is 7.89. The van der Waals surface area contributed by atoms with Crippen molar-refractivity contribution in [2.24, 2.45) is 17.8 Å². The molecule has 1 aliphatic rings. The zero-order chi connectivity index (χ0) is 13.1. The van der Waals surface area contributed by atoms with Crippen LogP contribution in [0, 0.1) is 17.8 Å². The molecule has 100 valence electrons. The van der Waals surface area contributed by atoms with Crippen LogP contribution in [0.1, 0.15) is 33.1 Å². The van der Waals surface area contributed by atoms with Gasteiger partial charge in [0, 0.05) is 6.54 Å². The summed E-state index contributed by atoms with van der Waals surface area (Å²) in [5.41, 5.74) is 0. The van der Waals surface area contributed by atoms with E-state index >= 15 is 0 Å². The maximum atomic E-state index is 11.6. The topological polar surface area (TPSA) is 83.5 Å². The van der Waals surface area contributed by atoms with Gasteiger partial charge in [0.1, 0.15) is 0 Å². The zero-order valence-corrected chi connectivity index (χ0v) is 11.2. The minimum absolute atomic E-state index is 0.0607. The maximum absolute atomic E-state index is 11.6. The molecule has 0 amide bonds. The van der Waals surface area contributed by atoms with Gasteiger partial charge in [0.2, 0.25) is 10.0 Å². The molecule has 5 nitrogen and oxygen atoms in total. The molecule has 0 bridgehead atoms. The van der Waals surface area contributed by atoms with E-state index in [1.54, 1.807) is 0 Å². The molecular weight excluding hydrogens is 242 g/mol. The normalized spacial score (nSPS) is 25.4. The predicted molar refractivity (Wildman–Crippen MR) is 65.1 cm³/mol. The van der Waals surface area contributed by atoms with Crippen LogP contribution in [-0.4, -0.2) is 31.8 Å². The molecule has 1 aliphatic carbocycles. The lowest BCUT2D eigenvalue weighted by Gasteiger charge is -2.17. The monoisotopic (exact) mass is 263 g/mol. The fraction of sp³-hybridized carbons (Fsp3) is 0.909. The van der Waals surface area contributed by atoms with Gasteiger partial charge in [-0.3, -0.25) is 4.79 Å². The first kappa shape index (κ1) is 14.4. The molecule has 0 aromatic heterocycles. The van der Waals surface area contributed by atoms with Gasteiger partial charge in [0.25, 0.3) is 0 Å². The Labute approximate surface area is 103 Å². The first-order valence-corrected chi connectivity index (χ1v) is 7.67. The molecule has 2 N–H and O–H groups in total. The lowest BCUT2D eigenvalue weighted by molar-refractivity contribution is -0.142. The van der Waals surface area contributed by atoms with Crippen molar-refractivity contribution in [1.29, 1.82) is 0 Å². The highest BCUT2D eigenvalue weighted by Gasteiger charge is 2.33. The van der Waals surface area contributed by atoms with Crippen LogP contribution in [0.15, 0.2) is 0 Å². The number of sulfonamides is 1. The second-order valence-corrected chi connectivity index (χ2v) is 7.01. The number of hydrogen-bond donors (Lipinski definition) is 2. The predicted octanol–water partition coefficient (Wildman–Crippen LogP) is 1.06. The Morgan fingerprint density at radius 2 is 2.06 bits per heavy atom. The summed E-state index contributed by atoms with van der Waals surface area (Å²) in [5, 5.41) is 8.98. The van der Waals surface area contributed by atoms with E-state index in [9.17, 15) is 13.2 Å². The van der Waals surface area contributed by atoms with Crippen LogP contribution in [-0.2, 0) is 14.8 Å². The van der Waals surface area contributed by atoms with Crippen LogP contribution in [0.3, 0.4) is 0 Å². The van der Waals surface area contributed by atoms with Gasteiger partial charge in [-0.1, -0.05) is 20.3 Å². The lowest BCUT2D eigenvalue weighted by atomic mass is 9.97. The molecule has 0 aliphatic heterocycles. The number of rotatable bonds is 6. The molecule has 0 heterocycles. The first-order chi connectivity index (χ1) is 7.82. The summed E-state index contributed by atoms with van der Waals surface area (Å²) in [6, 6.07) is 0. The molecule has 0 radical (unpaired) electrons. The van der Waals surface area contributed by atoms with Gasteiger partial charge in [-0.2, -0.15) is 0 Å². The molecule has 0 aromatic carbocycles. The quantitative estimate of drug-likeness (QED) is 0.750. The third-order valence-corrected chi connectivity index (χ3v) is 4.81. The van der Waals surface area contributed by atoms with E-state index in [2.05, 4.69) is 4.72 Å². The standard InChI is InChI=1S/C11H21NO4S/c1-8(2)7-17(15,16)12-6-9-4-3-5-10(9)11(13)14/h8-10,12H,3-7H2,1-2H3,(H,13,14). The molecule has 1 fully saturated rings. The molecule has 1 saturated carbocycles. The van der Waals surface area contributed by atoms with E-state index in [0.717, 1.165) is 12.8 Å². The van der Waals surface area contributed by atoms with E-state index in [1.165, 1.54) is 0 Å². The zero-order valence-electron chi connectivity index (χ0n) is 10.3. The second-order valence-electron chi connectivity index (χ2n) is 5.16. The Morgan fingerprint density at radius 3 is 2.59 bits per heavy atom. The Bertz CT molecular complexity index is 364. The van der Waals surface area contributed by atoms with E-state index in [1.807, 2.05) is 13.8 Å². The van der Waals surface area contributed by atoms with Crippen LogP contribution in [0.25, 0.3) is 0 Å². The van der Waals surface area contributed by atoms with Crippen molar-refractivity contribution in [3.63, 3.8) is 0 Å². The van der Waals surface area contributed by atoms with Gasteiger partial charge in [0.05, 0.1) is 11.7 Å². The largest absolute Gasteiger partial charge is 0.481 e. The summed E-state index contributed by atoms with van der Waals surface area (Å²) in [4.78, 5) is 10.9. The fourth-order valence-corrected chi connectivity index (χ4v) is 3.80. The van der Waals surface area contributed by atoms with Crippen molar-refractivity contribution in [3.05, 3.63) is 0 Å². The summed E-state index contributed by atoms with van der Waals surface area (Å²) < 4.78 is 25.8. The van der Waals surface area contributed by atoms with Crippen molar-refractivity contribution >= 4 is 16.0 Å². The van der Waals surface area contributed by atoms with Crippen LogP contribution in [0.2, 0.25) is 0 Å². The van der Waals surface area contributed by atoms with Crippen molar-refractivity contribution in [3.8, 4) is 0 Å². The smallest absolute Gasteiger partial charge is 0.306 e. The number of nitrogens with one attached hydrogen (secondary N) is 1. The summed E-state index contributed by atoms with van der Waals surface area (Å²) >= 11 is 0. The fourth-order valence-electron chi connectivity index (χ4n) is 2.34. The third kappa shape index (κ3) is 4.63. The maximum Gasteiger partial charge on any atom is 0.306 e. The Kier molecular flexibility index (Phi) is 4.94. The minimum atomic E-state index is -3.26. The molecule has 6 heteroatoms. The Morgan fingerprint density at radius 1 is 1.41 bits per heavy atom. The van der Waals surface area contributed by atoms with E-state index in [4.69, 9.17) is 5.11 Å². The van der Waals surface area contributed by atoms with Crippen LogP contribution in [0.5, 0.6) is 0 Å². The molecule has 2 unspecified atom stereocenters. The number of aliphatic carboxylic acids is 1. The summed E-state index contributed by atoms with van der Waals surface area (Å²) in [5.74, 6) is -1.09. The Balaban J connectivity index is 2.47. The summed E-state index contributed by atoms with van der Waals surface area (Å²) in [6.45, 7) is 3.94. The number of hydrogen-bond acceptors (Lipinski definition) is 3. The van der Waals surface area contributed by atoms with E-state index in [-0.39, 0.29) is 24.1 Å². The first-order valence-electron chi connectivity index (χ1n) is 6.02. The summed E-state index contributed by atoms with van der Waals surface area (Å²) in [6.07, 6.45) is 2.32. The number of carbonyl (C=O) groups is 1. The average molecular weight is 263 g/mol. The lowest BCUT2D eigenvalue weighted by Crippen LogP contribution is -2.35. The van der Waals surface area contributed by atoms with Gasteiger partial charge in [-0.05, 0) is 24.7 Å². The second kappa shape index (κ2) is 5.82. The highest BCUT2D eigenvalue weighted by Crippen LogP contribution is 2.31. The molecule has 0 aromatic rings. The van der Waals surface area contributed by atoms with Crippen LogP contribution < -0.4 is 4.72 Å². The van der Waals surface area contributed by atoms with Gasteiger partial charge >= 0.3 is 5.97 Å². The van der Waals surface area contributed by atoms with Gasteiger partial charge in [0.15, 0.2) is 0 Å². The number of carboxylic acids is 1. The van der Waals surface area contributed by atoms with Gasteiger partial charge in [-0.15, -0.1) is 0 Å². The van der Waals surface area contributed by atoms with Crippen molar-refractivity contribution in [1.82, 2.24) is 4.72 Å². The van der Waals surface area contributed by atoms with Crippen molar-refractivity contribution < 1.29 is 18.3 Å². The Hall–Kier alpha value is -0.620. The molecular formula is C11H21NO4S. The summed E-state index contributed by atoms with van der Waals surface area (Å²) in [7, 11) is -3.26.